The van der Waals surface area contributed by atoms with Gasteiger partial charge in [0.2, 0.25) is 5.91 Å². The summed E-state index contributed by atoms with van der Waals surface area (Å²) in [5, 5.41) is 0. The van der Waals surface area contributed by atoms with Crippen molar-refractivity contribution < 1.29 is 23.9 Å². The summed E-state index contributed by atoms with van der Waals surface area (Å²) >= 11 is 0. The first kappa shape index (κ1) is 21.5. The highest BCUT2D eigenvalue weighted by Crippen LogP contribution is 2.08. The lowest BCUT2D eigenvalue weighted by atomic mass is 10.2. The van der Waals surface area contributed by atoms with Gasteiger partial charge >= 0.3 is 6.09 Å². The van der Waals surface area contributed by atoms with E-state index >= 15 is 0 Å². The molecule has 0 atom stereocenters. The molecular formula is C18H27N5O5. The Labute approximate surface area is 164 Å². The van der Waals surface area contributed by atoms with Crippen LogP contribution in [0.1, 0.15) is 23.8 Å². The van der Waals surface area contributed by atoms with Crippen LogP contribution in [0, 0.1) is 0 Å². The zero-order chi connectivity index (χ0) is 20.4. The van der Waals surface area contributed by atoms with E-state index in [2.05, 4.69) is 9.97 Å². The molecule has 0 bridgehead atoms. The van der Waals surface area contributed by atoms with E-state index in [0.717, 1.165) is 0 Å². The molecule has 1 aromatic rings. The summed E-state index contributed by atoms with van der Waals surface area (Å²) in [4.78, 5) is 49.6. The third-order valence-electron chi connectivity index (χ3n) is 4.39. The molecule has 1 aliphatic heterocycles. The molecule has 3 amide bonds. The number of hydrogen-bond acceptors (Lipinski definition) is 7. The minimum absolute atomic E-state index is 0.0575. The zero-order valence-electron chi connectivity index (χ0n) is 16.4. The van der Waals surface area contributed by atoms with Crippen molar-refractivity contribution in [3.05, 3.63) is 24.3 Å². The molecule has 2 heterocycles. The SMILES string of the molecule is CCOC(=O)N1CCN(C(=O)CCN(CCOC)C(=O)c2cnccn2)CC1. The third-order valence-corrected chi connectivity index (χ3v) is 4.39. The molecule has 2 rings (SSSR count). The van der Waals surface area contributed by atoms with E-state index in [4.69, 9.17) is 9.47 Å². The van der Waals surface area contributed by atoms with Crippen LogP contribution in [0.4, 0.5) is 4.79 Å². The molecule has 10 nitrogen and oxygen atoms in total. The second-order valence-corrected chi connectivity index (χ2v) is 6.19. The molecule has 10 heteroatoms. The molecule has 1 aliphatic rings. The van der Waals surface area contributed by atoms with Crippen molar-refractivity contribution in [3.8, 4) is 0 Å². The molecule has 0 saturated carbocycles. The lowest BCUT2D eigenvalue weighted by Gasteiger charge is -2.34. The van der Waals surface area contributed by atoms with Gasteiger partial charge in [-0.05, 0) is 6.92 Å². The second kappa shape index (κ2) is 11.2. The molecule has 154 valence electrons. The Balaban J connectivity index is 1.86. The summed E-state index contributed by atoms with van der Waals surface area (Å²) in [5.74, 6) is -0.344. The van der Waals surface area contributed by atoms with E-state index in [9.17, 15) is 14.4 Å². The fraction of sp³-hybridized carbons (Fsp3) is 0.611. The van der Waals surface area contributed by atoms with Crippen LogP contribution in [0.15, 0.2) is 18.6 Å². The van der Waals surface area contributed by atoms with Crippen molar-refractivity contribution in [1.82, 2.24) is 24.7 Å². The monoisotopic (exact) mass is 393 g/mol. The molecule has 0 aliphatic carbocycles. The molecule has 0 spiro atoms. The maximum Gasteiger partial charge on any atom is 0.409 e. The Morgan fingerprint density at radius 2 is 1.82 bits per heavy atom. The third kappa shape index (κ3) is 6.15. The van der Waals surface area contributed by atoms with E-state index in [1.165, 1.54) is 18.6 Å². The van der Waals surface area contributed by atoms with E-state index in [-0.39, 0.29) is 36.6 Å². The number of amides is 3. The van der Waals surface area contributed by atoms with Crippen LogP contribution in [-0.4, -0.2) is 102 Å². The molecular weight excluding hydrogens is 366 g/mol. The quantitative estimate of drug-likeness (QED) is 0.624. The predicted octanol–water partition coefficient (Wildman–Crippen LogP) is 0.256. The van der Waals surface area contributed by atoms with Crippen LogP contribution in [0.25, 0.3) is 0 Å². The van der Waals surface area contributed by atoms with Gasteiger partial charge in [-0.1, -0.05) is 0 Å². The van der Waals surface area contributed by atoms with Gasteiger partial charge in [0.05, 0.1) is 19.4 Å². The average Bonchev–Trinajstić information content (AvgIpc) is 2.74. The topological polar surface area (TPSA) is 105 Å². The van der Waals surface area contributed by atoms with Crippen molar-refractivity contribution in [2.75, 3.05) is 59.6 Å². The molecule has 0 N–H and O–H groups in total. The molecule has 0 unspecified atom stereocenters. The molecule has 1 aromatic heterocycles. The summed E-state index contributed by atoms with van der Waals surface area (Å²) < 4.78 is 10.0. The van der Waals surface area contributed by atoms with Crippen LogP contribution < -0.4 is 0 Å². The fourth-order valence-corrected chi connectivity index (χ4v) is 2.83. The van der Waals surface area contributed by atoms with Crippen molar-refractivity contribution in [1.29, 1.82) is 0 Å². The van der Waals surface area contributed by atoms with Gasteiger partial charge in [0.25, 0.3) is 5.91 Å². The summed E-state index contributed by atoms with van der Waals surface area (Å²) in [6, 6.07) is 0. The standard InChI is InChI=1S/C18H27N5O5/c1-3-28-18(26)23-10-8-21(9-11-23)16(24)4-7-22(12-13-27-2)17(25)15-14-19-5-6-20-15/h5-6,14H,3-4,7-13H2,1-2H3. The maximum atomic E-state index is 12.6. The number of nitrogens with zero attached hydrogens (tertiary/aromatic N) is 5. The first-order chi connectivity index (χ1) is 13.6. The van der Waals surface area contributed by atoms with Crippen LogP contribution in [0.5, 0.6) is 0 Å². The van der Waals surface area contributed by atoms with E-state index < -0.39 is 0 Å². The summed E-state index contributed by atoms with van der Waals surface area (Å²) in [6.45, 7) is 4.85. The van der Waals surface area contributed by atoms with Crippen molar-refractivity contribution in [3.63, 3.8) is 0 Å². The Bertz CT molecular complexity index is 649. The smallest absolute Gasteiger partial charge is 0.409 e. The summed E-state index contributed by atoms with van der Waals surface area (Å²) in [7, 11) is 1.55. The lowest BCUT2D eigenvalue weighted by molar-refractivity contribution is -0.133. The number of ether oxygens (including phenoxy) is 2. The molecule has 28 heavy (non-hydrogen) atoms. The number of rotatable bonds is 8. The van der Waals surface area contributed by atoms with Gasteiger partial charge in [0.1, 0.15) is 5.69 Å². The number of methoxy groups -OCH3 is 1. The van der Waals surface area contributed by atoms with Crippen molar-refractivity contribution in [2.24, 2.45) is 0 Å². The van der Waals surface area contributed by atoms with Gasteiger partial charge in [0, 0.05) is 65.2 Å². The molecule has 1 saturated heterocycles. The highest BCUT2D eigenvalue weighted by atomic mass is 16.6. The Morgan fingerprint density at radius 3 is 2.43 bits per heavy atom. The Morgan fingerprint density at radius 1 is 1.11 bits per heavy atom. The van der Waals surface area contributed by atoms with Crippen molar-refractivity contribution in [2.45, 2.75) is 13.3 Å². The van der Waals surface area contributed by atoms with Gasteiger partial charge in [-0.15, -0.1) is 0 Å². The number of hydrogen-bond donors (Lipinski definition) is 0. The zero-order valence-corrected chi connectivity index (χ0v) is 16.4. The maximum absolute atomic E-state index is 12.6. The lowest BCUT2D eigenvalue weighted by Crippen LogP contribution is -2.51. The van der Waals surface area contributed by atoms with Crippen LogP contribution >= 0.6 is 0 Å². The number of carbonyl (C=O) groups excluding carboxylic acids is 3. The van der Waals surface area contributed by atoms with E-state index in [0.29, 0.717) is 45.9 Å². The predicted molar refractivity (Wildman–Crippen MR) is 99.6 cm³/mol. The highest BCUT2D eigenvalue weighted by Gasteiger charge is 2.25. The summed E-state index contributed by atoms with van der Waals surface area (Å²) in [6.07, 6.45) is 4.19. The number of aromatic nitrogens is 2. The van der Waals surface area contributed by atoms with Gasteiger partial charge < -0.3 is 24.2 Å². The average molecular weight is 393 g/mol. The second-order valence-electron chi connectivity index (χ2n) is 6.19. The van der Waals surface area contributed by atoms with Crippen molar-refractivity contribution >= 4 is 17.9 Å². The largest absolute Gasteiger partial charge is 0.450 e. The van der Waals surface area contributed by atoms with E-state index in [1.807, 2.05) is 0 Å². The van der Waals surface area contributed by atoms with E-state index in [1.54, 1.807) is 28.7 Å². The molecule has 1 fully saturated rings. The Hall–Kier alpha value is -2.75. The van der Waals surface area contributed by atoms with Gasteiger partial charge in [-0.25, -0.2) is 9.78 Å². The number of carbonyl (C=O) groups is 3. The highest BCUT2D eigenvalue weighted by molar-refractivity contribution is 5.92. The first-order valence-electron chi connectivity index (χ1n) is 9.30. The van der Waals surface area contributed by atoms with Crippen LogP contribution in [0.3, 0.4) is 0 Å². The van der Waals surface area contributed by atoms with Gasteiger partial charge in [0.15, 0.2) is 0 Å². The Kier molecular flexibility index (Phi) is 8.60. The van der Waals surface area contributed by atoms with Gasteiger partial charge in [-0.2, -0.15) is 0 Å². The number of piperazine rings is 1. The minimum Gasteiger partial charge on any atom is -0.450 e. The fourth-order valence-electron chi connectivity index (χ4n) is 2.83. The normalized spacial score (nSPS) is 13.9. The van der Waals surface area contributed by atoms with Gasteiger partial charge in [-0.3, -0.25) is 14.6 Å². The minimum atomic E-state index is -0.352. The molecule has 0 aromatic carbocycles. The first-order valence-corrected chi connectivity index (χ1v) is 9.30. The van der Waals surface area contributed by atoms with Crippen LogP contribution in [-0.2, 0) is 14.3 Å². The van der Waals surface area contributed by atoms with Crippen LogP contribution in [0.2, 0.25) is 0 Å². The summed E-state index contributed by atoms with van der Waals surface area (Å²) in [5.41, 5.74) is 0.231. The molecule has 0 radical (unpaired) electrons.